The molecule has 0 saturated heterocycles. The normalized spacial score (nSPS) is 12.6. The van der Waals surface area contributed by atoms with Gasteiger partial charge < -0.3 is 19.5 Å². The van der Waals surface area contributed by atoms with Crippen LogP contribution in [-0.4, -0.2) is 25.7 Å². The maximum absolute atomic E-state index is 12.1. The van der Waals surface area contributed by atoms with Gasteiger partial charge in [-0.05, 0) is 40.0 Å². The molecule has 126 valence electrons. The van der Waals surface area contributed by atoms with Gasteiger partial charge in [0.2, 0.25) is 0 Å². The van der Waals surface area contributed by atoms with Crippen LogP contribution in [0.4, 0.5) is 5.69 Å². The molecule has 2 aromatic rings. The molecule has 0 aliphatic carbocycles. The lowest BCUT2D eigenvalue weighted by Crippen LogP contribution is -2.21. The lowest BCUT2D eigenvalue weighted by Gasteiger charge is -2.20. The fourth-order valence-corrected chi connectivity index (χ4v) is 2.74. The number of fused-ring (bicyclic) bond motifs is 1. The number of aryl methyl sites for hydroxylation is 1. The maximum Gasteiger partial charge on any atom is 0.262 e. The van der Waals surface area contributed by atoms with E-state index in [-0.39, 0.29) is 12.5 Å². The van der Waals surface area contributed by atoms with E-state index < -0.39 is 0 Å². The third-order valence-corrected chi connectivity index (χ3v) is 4.26. The number of anilines is 1. The van der Waals surface area contributed by atoms with Gasteiger partial charge in [0, 0.05) is 16.6 Å². The summed E-state index contributed by atoms with van der Waals surface area (Å²) in [6.07, 6.45) is 0.971. The summed E-state index contributed by atoms with van der Waals surface area (Å²) < 4.78 is 17.3. The van der Waals surface area contributed by atoms with Crippen LogP contribution in [0.15, 0.2) is 40.9 Å². The number of amides is 1. The van der Waals surface area contributed by atoms with Crippen molar-refractivity contribution in [3.63, 3.8) is 0 Å². The van der Waals surface area contributed by atoms with Crippen molar-refractivity contribution >= 4 is 27.5 Å². The Morgan fingerprint density at radius 1 is 1.17 bits per heavy atom. The second-order valence-corrected chi connectivity index (χ2v) is 6.16. The Morgan fingerprint density at radius 3 is 2.50 bits per heavy atom. The van der Waals surface area contributed by atoms with Crippen molar-refractivity contribution in [3.05, 3.63) is 46.4 Å². The molecule has 0 bridgehead atoms. The number of carbonyl (C=O) groups is 1. The Bertz CT molecular complexity index is 731. The quantitative estimate of drug-likeness (QED) is 0.841. The summed E-state index contributed by atoms with van der Waals surface area (Å²) in [5.41, 5.74) is 1.85. The molecule has 0 spiro atoms. The zero-order valence-electron chi connectivity index (χ0n) is 13.3. The van der Waals surface area contributed by atoms with Gasteiger partial charge in [-0.25, -0.2) is 0 Å². The Labute approximate surface area is 149 Å². The second-order valence-electron chi connectivity index (χ2n) is 5.31. The van der Waals surface area contributed by atoms with Gasteiger partial charge in [-0.1, -0.05) is 19.1 Å². The van der Waals surface area contributed by atoms with Crippen LogP contribution in [0.2, 0.25) is 0 Å². The van der Waals surface area contributed by atoms with Gasteiger partial charge in [-0.3, -0.25) is 4.79 Å². The maximum atomic E-state index is 12.1. The summed E-state index contributed by atoms with van der Waals surface area (Å²) in [5, 5.41) is 2.81. The summed E-state index contributed by atoms with van der Waals surface area (Å²) in [5.74, 6) is 1.71. The van der Waals surface area contributed by atoms with E-state index in [0.717, 1.165) is 10.9 Å². The highest BCUT2D eigenvalue weighted by molar-refractivity contribution is 9.10. The van der Waals surface area contributed by atoms with Crippen molar-refractivity contribution in [1.82, 2.24) is 0 Å². The average molecular weight is 392 g/mol. The zero-order chi connectivity index (χ0) is 16.9. The Morgan fingerprint density at radius 2 is 1.83 bits per heavy atom. The SMILES string of the molecule is CCc1ccc(OCC(=O)Nc2cc3c(cc2Br)OCCO3)cc1. The summed E-state index contributed by atoms with van der Waals surface area (Å²) in [6, 6.07) is 11.2. The van der Waals surface area contributed by atoms with Crippen LogP contribution in [0.25, 0.3) is 0 Å². The predicted octanol–water partition coefficient (Wildman–Crippen LogP) is 3.80. The van der Waals surface area contributed by atoms with Crippen LogP contribution in [-0.2, 0) is 11.2 Å². The molecule has 5 nitrogen and oxygen atoms in total. The predicted molar refractivity (Wildman–Crippen MR) is 95.1 cm³/mol. The number of rotatable bonds is 5. The second kappa shape index (κ2) is 7.57. The van der Waals surface area contributed by atoms with E-state index in [4.69, 9.17) is 14.2 Å². The van der Waals surface area contributed by atoms with Gasteiger partial charge in [0.1, 0.15) is 19.0 Å². The monoisotopic (exact) mass is 391 g/mol. The topological polar surface area (TPSA) is 56.8 Å². The molecule has 1 heterocycles. The van der Waals surface area contributed by atoms with Crippen molar-refractivity contribution in [2.24, 2.45) is 0 Å². The highest BCUT2D eigenvalue weighted by Crippen LogP contribution is 2.38. The first-order valence-corrected chi connectivity index (χ1v) is 8.55. The lowest BCUT2D eigenvalue weighted by molar-refractivity contribution is -0.118. The van der Waals surface area contributed by atoms with E-state index >= 15 is 0 Å². The molecule has 0 saturated carbocycles. The number of nitrogens with one attached hydrogen (secondary N) is 1. The van der Waals surface area contributed by atoms with Gasteiger partial charge in [0.25, 0.3) is 5.91 Å². The molecule has 0 unspecified atom stereocenters. The van der Waals surface area contributed by atoms with E-state index in [1.54, 1.807) is 12.1 Å². The molecular weight excluding hydrogens is 374 g/mol. The van der Waals surface area contributed by atoms with E-state index in [0.29, 0.717) is 36.1 Å². The summed E-state index contributed by atoms with van der Waals surface area (Å²) in [4.78, 5) is 12.1. The van der Waals surface area contributed by atoms with E-state index in [2.05, 4.69) is 28.2 Å². The fraction of sp³-hybridized carbons (Fsp3) is 0.278. The molecule has 1 amide bonds. The number of hydrogen-bond acceptors (Lipinski definition) is 4. The van der Waals surface area contributed by atoms with E-state index in [1.807, 2.05) is 24.3 Å². The van der Waals surface area contributed by atoms with E-state index in [9.17, 15) is 4.79 Å². The van der Waals surface area contributed by atoms with Crippen molar-refractivity contribution in [3.8, 4) is 17.2 Å². The van der Waals surface area contributed by atoms with Crippen LogP contribution in [0, 0.1) is 0 Å². The molecule has 0 atom stereocenters. The molecule has 1 aliphatic rings. The van der Waals surface area contributed by atoms with Gasteiger partial charge in [-0.15, -0.1) is 0 Å². The molecule has 3 rings (SSSR count). The standard InChI is InChI=1S/C18H18BrNO4/c1-2-12-3-5-13(6-4-12)24-11-18(21)20-15-10-17-16(9-14(15)19)22-7-8-23-17/h3-6,9-10H,2,7-8,11H2,1H3,(H,20,21). The largest absolute Gasteiger partial charge is 0.486 e. The highest BCUT2D eigenvalue weighted by Gasteiger charge is 2.16. The minimum Gasteiger partial charge on any atom is -0.486 e. The minimum absolute atomic E-state index is 0.0631. The summed E-state index contributed by atoms with van der Waals surface area (Å²) in [6.45, 7) is 3.05. The van der Waals surface area contributed by atoms with Gasteiger partial charge >= 0.3 is 0 Å². The smallest absolute Gasteiger partial charge is 0.262 e. The third kappa shape index (κ3) is 4.00. The fourth-order valence-electron chi connectivity index (χ4n) is 2.32. The number of carbonyl (C=O) groups excluding carboxylic acids is 1. The first kappa shape index (κ1) is 16.6. The lowest BCUT2D eigenvalue weighted by atomic mass is 10.2. The van der Waals surface area contributed by atoms with Crippen molar-refractivity contribution in [1.29, 1.82) is 0 Å². The summed E-state index contributed by atoms with van der Waals surface area (Å²) in [7, 11) is 0. The van der Waals surface area contributed by atoms with Gasteiger partial charge in [-0.2, -0.15) is 0 Å². The minimum atomic E-state index is -0.244. The van der Waals surface area contributed by atoms with Gasteiger partial charge in [0.15, 0.2) is 18.1 Å². The molecule has 6 heteroatoms. The molecule has 1 aliphatic heterocycles. The Kier molecular flexibility index (Phi) is 5.25. The van der Waals surface area contributed by atoms with Crippen molar-refractivity contribution < 1.29 is 19.0 Å². The number of benzene rings is 2. The van der Waals surface area contributed by atoms with Crippen LogP contribution >= 0.6 is 15.9 Å². The Balaban J connectivity index is 1.60. The molecule has 24 heavy (non-hydrogen) atoms. The third-order valence-electron chi connectivity index (χ3n) is 3.61. The van der Waals surface area contributed by atoms with Crippen molar-refractivity contribution in [2.75, 3.05) is 25.1 Å². The zero-order valence-corrected chi connectivity index (χ0v) is 14.9. The molecular formula is C18H18BrNO4. The first-order valence-electron chi connectivity index (χ1n) is 7.76. The molecule has 1 N–H and O–H groups in total. The highest BCUT2D eigenvalue weighted by atomic mass is 79.9. The molecule has 2 aromatic carbocycles. The van der Waals surface area contributed by atoms with Crippen LogP contribution in [0.5, 0.6) is 17.2 Å². The molecule has 0 aromatic heterocycles. The summed E-state index contributed by atoms with van der Waals surface area (Å²) >= 11 is 3.42. The number of halogens is 1. The molecule has 0 fully saturated rings. The molecule has 0 radical (unpaired) electrons. The van der Waals surface area contributed by atoms with Crippen molar-refractivity contribution in [2.45, 2.75) is 13.3 Å². The Hall–Kier alpha value is -2.21. The number of ether oxygens (including phenoxy) is 3. The van der Waals surface area contributed by atoms with Crippen LogP contribution in [0.3, 0.4) is 0 Å². The van der Waals surface area contributed by atoms with Crippen LogP contribution < -0.4 is 19.5 Å². The average Bonchev–Trinajstić information content (AvgIpc) is 2.61. The van der Waals surface area contributed by atoms with Crippen LogP contribution in [0.1, 0.15) is 12.5 Å². The number of hydrogen-bond donors (Lipinski definition) is 1. The first-order chi connectivity index (χ1) is 11.7. The van der Waals surface area contributed by atoms with Gasteiger partial charge in [0.05, 0.1) is 5.69 Å². The van der Waals surface area contributed by atoms with E-state index in [1.165, 1.54) is 5.56 Å².